The fraction of sp³-hybridized carbons (Fsp3) is 0.600. The van der Waals surface area contributed by atoms with Crippen LogP contribution in [-0.2, 0) is 28.0 Å². The second-order valence-electron chi connectivity index (χ2n) is 8.70. The smallest absolute Gasteiger partial charge is 0.326 e. The molecular weight excluding hydrogens is 360 g/mol. The van der Waals surface area contributed by atoms with Crippen LogP contribution in [0, 0.1) is 5.92 Å². The van der Waals surface area contributed by atoms with Crippen LogP contribution in [0.4, 0.5) is 0 Å². The molecule has 1 amide bonds. The third-order valence-corrected chi connectivity index (χ3v) is 5.35. The van der Waals surface area contributed by atoms with Crippen molar-refractivity contribution >= 4 is 17.5 Å². The van der Waals surface area contributed by atoms with E-state index in [4.69, 9.17) is 4.74 Å². The van der Waals surface area contributed by atoms with Crippen LogP contribution in [0.15, 0.2) is 10.9 Å². The maximum atomic E-state index is 13.1. The zero-order valence-corrected chi connectivity index (χ0v) is 16.8. The summed E-state index contributed by atoms with van der Waals surface area (Å²) in [7, 11) is 0. The summed E-state index contributed by atoms with van der Waals surface area (Å²) in [6, 6.07) is 1.79. The highest BCUT2D eigenvalue weighted by Gasteiger charge is 2.38. The number of amides is 1. The van der Waals surface area contributed by atoms with Gasteiger partial charge in [-0.15, -0.1) is 0 Å². The van der Waals surface area contributed by atoms with E-state index in [0.717, 1.165) is 18.5 Å². The monoisotopic (exact) mass is 386 g/mol. The van der Waals surface area contributed by atoms with Crippen molar-refractivity contribution in [3.8, 4) is 0 Å². The number of ether oxygens (including phenoxy) is 1. The lowest BCUT2D eigenvalue weighted by molar-refractivity contribution is -0.143. The lowest BCUT2D eigenvalue weighted by Gasteiger charge is -2.15. The van der Waals surface area contributed by atoms with Gasteiger partial charge in [0.1, 0.15) is 17.9 Å². The van der Waals surface area contributed by atoms with Gasteiger partial charge in [0.25, 0.3) is 11.5 Å². The summed E-state index contributed by atoms with van der Waals surface area (Å²) in [5, 5.41) is 4.50. The molecule has 0 aromatic carbocycles. The Morgan fingerprint density at radius 3 is 2.61 bits per heavy atom. The van der Waals surface area contributed by atoms with Crippen molar-refractivity contribution in [2.45, 2.75) is 59.0 Å². The molecule has 0 N–H and O–H groups in total. The highest BCUT2D eigenvalue weighted by Crippen LogP contribution is 2.33. The molecule has 8 heteroatoms. The summed E-state index contributed by atoms with van der Waals surface area (Å²) in [6.45, 7) is 8.81. The first-order chi connectivity index (χ1) is 13.2. The Hall–Kier alpha value is -2.64. The summed E-state index contributed by atoms with van der Waals surface area (Å²) in [4.78, 5) is 40.2. The van der Waals surface area contributed by atoms with Crippen molar-refractivity contribution < 1.29 is 14.3 Å². The number of fused-ring (bicyclic) bond motifs is 2. The molecule has 1 aliphatic heterocycles. The summed E-state index contributed by atoms with van der Waals surface area (Å²) in [5.74, 6) is -0.116. The van der Waals surface area contributed by atoms with Gasteiger partial charge in [-0.2, -0.15) is 9.61 Å². The van der Waals surface area contributed by atoms with E-state index in [-0.39, 0.29) is 36.6 Å². The topological polar surface area (TPSA) is 85.9 Å². The summed E-state index contributed by atoms with van der Waals surface area (Å²) >= 11 is 0. The number of rotatable bonds is 5. The fourth-order valence-corrected chi connectivity index (χ4v) is 3.64. The minimum absolute atomic E-state index is 0.127. The molecule has 0 unspecified atom stereocenters. The molecule has 3 heterocycles. The average molecular weight is 386 g/mol. The molecule has 1 aliphatic carbocycles. The Morgan fingerprint density at radius 1 is 1.29 bits per heavy atom. The van der Waals surface area contributed by atoms with Gasteiger partial charge < -0.3 is 14.2 Å². The molecule has 2 aromatic heterocycles. The zero-order chi connectivity index (χ0) is 20.2. The molecule has 0 radical (unpaired) electrons. The lowest BCUT2D eigenvalue weighted by Crippen LogP contribution is -2.29. The van der Waals surface area contributed by atoms with E-state index >= 15 is 0 Å². The first-order valence-corrected chi connectivity index (χ1v) is 9.81. The van der Waals surface area contributed by atoms with Crippen LogP contribution in [0.2, 0.25) is 0 Å². The Bertz CT molecular complexity index is 1020. The van der Waals surface area contributed by atoms with Crippen LogP contribution < -0.4 is 5.56 Å². The van der Waals surface area contributed by atoms with E-state index in [2.05, 4.69) is 5.10 Å². The molecule has 4 rings (SSSR count). The molecule has 0 atom stereocenters. The summed E-state index contributed by atoms with van der Waals surface area (Å²) in [6.07, 6.45) is 2.23. The normalized spacial score (nSPS) is 16.7. The minimum Gasteiger partial charge on any atom is -0.465 e. The molecule has 0 saturated heterocycles. The van der Waals surface area contributed by atoms with Gasteiger partial charge in [-0.1, -0.05) is 20.8 Å². The van der Waals surface area contributed by atoms with Crippen LogP contribution in [0.25, 0.3) is 5.65 Å². The molecule has 0 bridgehead atoms. The highest BCUT2D eigenvalue weighted by molar-refractivity contribution is 5.97. The van der Waals surface area contributed by atoms with E-state index < -0.39 is 5.97 Å². The summed E-state index contributed by atoms with van der Waals surface area (Å²) in [5.41, 5.74) is 1.33. The third-order valence-electron chi connectivity index (χ3n) is 5.35. The fourth-order valence-electron chi connectivity index (χ4n) is 3.64. The number of esters is 1. The van der Waals surface area contributed by atoms with Crippen molar-refractivity contribution in [2.75, 3.05) is 13.2 Å². The second kappa shape index (κ2) is 6.46. The Labute approximate surface area is 163 Å². The number of carbonyl (C=O) groups is 2. The standard InChI is InChI=1S/C20H26N4O4/c1-5-28-16(25)11-23-15-8-14(20(2,3)4)21-24(15)18(26)13-10-22(9-12-6-7-12)19(27)17(13)23/h8,12H,5-7,9-11H2,1-4H3. The van der Waals surface area contributed by atoms with Gasteiger partial charge in [0.15, 0.2) is 0 Å². The Balaban J connectivity index is 1.89. The van der Waals surface area contributed by atoms with Gasteiger partial charge in [-0.3, -0.25) is 14.4 Å². The van der Waals surface area contributed by atoms with Gasteiger partial charge in [0.2, 0.25) is 0 Å². The highest BCUT2D eigenvalue weighted by atomic mass is 16.5. The van der Waals surface area contributed by atoms with E-state index in [1.165, 1.54) is 4.52 Å². The third kappa shape index (κ3) is 3.10. The molecule has 2 aromatic rings. The minimum atomic E-state index is -0.442. The molecule has 28 heavy (non-hydrogen) atoms. The molecule has 1 fully saturated rings. The van der Waals surface area contributed by atoms with E-state index in [1.807, 2.05) is 20.8 Å². The quantitative estimate of drug-likeness (QED) is 0.731. The number of nitrogens with zero attached hydrogens (tertiary/aromatic N) is 4. The number of hydrogen-bond acceptors (Lipinski definition) is 5. The molecule has 2 aliphatic rings. The first kappa shape index (κ1) is 18.7. The Morgan fingerprint density at radius 2 is 2.00 bits per heavy atom. The molecular formula is C20H26N4O4. The maximum Gasteiger partial charge on any atom is 0.326 e. The number of aromatic nitrogens is 3. The van der Waals surface area contributed by atoms with Crippen molar-refractivity contribution in [1.29, 1.82) is 0 Å². The number of carbonyl (C=O) groups excluding carboxylic acids is 2. The van der Waals surface area contributed by atoms with Gasteiger partial charge in [-0.25, -0.2) is 0 Å². The van der Waals surface area contributed by atoms with Crippen LogP contribution >= 0.6 is 0 Å². The lowest BCUT2D eigenvalue weighted by atomic mass is 9.93. The Kier molecular flexibility index (Phi) is 4.32. The van der Waals surface area contributed by atoms with Gasteiger partial charge in [0.05, 0.1) is 24.4 Å². The molecule has 1 saturated carbocycles. The van der Waals surface area contributed by atoms with Crippen molar-refractivity contribution in [1.82, 2.24) is 19.1 Å². The van der Waals surface area contributed by atoms with Crippen LogP contribution in [0.5, 0.6) is 0 Å². The average Bonchev–Trinajstić information content (AvgIpc) is 3.19. The van der Waals surface area contributed by atoms with Crippen LogP contribution in [0.3, 0.4) is 0 Å². The van der Waals surface area contributed by atoms with Crippen LogP contribution in [-0.4, -0.2) is 44.1 Å². The predicted molar refractivity (Wildman–Crippen MR) is 102 cm³/mol. The maximum absolute atomic E-state index is 13.1. The van der Waals surface area contributed by atoms with Gasteiger partial charge >= 0.3 is 5.97 Å². The summed E-state index contributed by atoms with van der Waals surface area (Å²) < 4.78 is 8.03. The van der Waals surface area contributed by atoms with E-state index in [0.29, 0.717) is 29.4 Å². The second-order valence-corrected chi connectivity index (χ2v) is 8.70. The SMILES string of the molecule is CCOC(=O)Cn1c2c(c(=O)n3nc(C(C)(C)C)cc13)CN(CC1CC1)C2=O. The van der Waals surface area contributed by atoms with Crippen molar-refractivity contribution in [3.63, 3.8) is 0 Å². The molecule has 0 spiro atoms. The van der Waals surface area contributed by atoms with E-state index in [1.54, 1.807) is 22.5 Å². The van der Waals surface area contributed by atoms with Gasteiger partial charge in [-0.05, 0) is 25.7 Å². The van der Waals surface area contributed by atoms with Crippen molar-refractivity contribution in [3.05, 3.63) is 33.4 Å². The van der Waals surface area contributed by atoms with Gasteiger partial charge in [0, 0.05) is 18.0 Å². The zero-order valence-electron chi connectivity index (χ0n) is 16.8. The van der Waals surface area contributed by atoms with Crippen molar-refractivity contribution in [2.24, 2.45) is 5.92 Å². The van der Waals surface area contributed by atoms with E-state index in [9.17, 15) is 14.4 Å². The number of hydrogen-bond donors (Lipinski definition) is 0. The predicted octanol–water partition coefficient (Wildman–Crippen LogP) is 1.72. The molecule has 150 valence electrons. The van der Waals surface area contributed by atoms with Crippen LogP contribution in [0.1, 0.15) is 62.3 Å². The molecule has 8 nitrogen and oxygen atoms in total. The first-order valence-electron chi connectivity index (χ1n) is 9.81. The largest absolute Gasteiger partial charge is 0.465 e.